The van der Waals surface area contributed by atoms with Crippen LogP contribution in [0.5, 0.6) is 0 Å². The predicted molar refractivity (Wildman–Crippen MR) is 59.8 cm³/mol. The molecule has 0 aliphatic carbocycles. The number of carbonyl (C=O) groups excluding carboxylic acids is 1. The fourth-order valence-electron chi connectivity index (χ4n) is 1.01. The first-order valence-corrected chi connectivity index (χ1v) is 5.18. The molecule has 16 heavy (non-hydrogen) atoms. The molecule has 4 heteroatoms. The molecule has 0 saturated carbocycles. The van der Waals surface area contributed by atoms with Crippen molar-refractivity contribution in [2.24, 2.45) is 0 Å². The van der Waals surface area contributed by atoms with Gasteiger partial charge in [-0.05, 0) is 32.1 Å². The van der Waals surface area contributed by atoms with Gasteiger partial charge in [-0.25, -0.2) is 4.79 Å². The Kier molecular flexibility index (Phi) is 5.36. The van der Waals surface area contributed by atoms with Crippen LogP contribution in [0.15, 0.2) is 28.9 Å². The van der Waals surface area contributed by atoms with Gasteiger partial charge in [0.25, 0.3) is 0 Å². The zero-order valence-electron chi connectivity index (χ0n) is 9.51. The summed E-state index contributed by atoms with van der Waals surface area (Å²) in [5.74, 6) is 0.221. The van der Waals surface area contributed by atoms with Gasteiger partial charge in [0.05, 0.1) is 19.0 Å². The number of hydrogen-bond acceptors (Lipinski definition) is 4. The van der Waals surface area contributed by atoms with E-state index >= 15 is 0 Å². The van der Waals surface area contributed by atoms with Crippen molar-refractivity contribution in [1.82, 2.24) is 0 Å². The highest BCUT2D eigenvalue weighted by Crippen LogP contribution is 2.02. The van der Waals surface area contributed by atoms with Crippen LogP contribution in [0.3, 0.4) is 0 Å². The second kappa shape index (κ2) is 6.85. The van der Waals surface area contributed by atoms with Gasteiger partial charge in [-0.3, -0.25) is 0 Å². The zero-order valence-corrected chi connectivity index (χ0v) is 9.51. The van der Waals surface area contributed by atoms with Crippen molar-refractivity contribution < 1.29 is 18.7 Å². The summed E-state index contributed by atoms with van der Waals surface area (Å²) in [6, 6.07) is 3.51. The maximum Gasteiger partial charge on any atom is 0.330 e. The first-order chi connectivity index (χ1) is 7.68. The number of furan rings is 1. The van der Waals surface area contributed by atoms with E-state index in [0.717, 1.165) is 0 Å². The molecule has 0 N–H and O–H groups in total. The molecule has 0 spiro atoms. The van der Waals surface area contributed by atoms with Gasteiger partial charge in [0.2, 0.25) is 0 Å². The molecular formula is C12H16O4. The largest absolute Gasteiger partial charge is 0.465 e. The molecule has 1 rings (SSSR count). The van der Waals surface area contributed by atoms with Crippen molar-refractivity contribution in [2.45, 2.75) is 20.0 Å². The van der Waals surface area contributed by atoms with Crippen molar-refractivity contribution in [3.05, 3.63) is 30.2 Å². The Morgan fingerprint density at radius 2 is 2.31 bits per heavy atom. The summed E-state index contributed by atoms with van der Waals surface area (Å²) in [5, 5.41) is 0. The summed E-state index contributed by atoms with van der Waals surface area (Å²) in [6.45, 7) is 4.54. The Hall–Kier alpha value is -1.55. The van der Waals surface area contributed by atoms with E-state index < -0.39 is 5.97 Å². The van der Waals surface area contributed by atoms with E-state index in [1.165, 1.54) is 6.08 Å². The molecule has 0 aliphatic heterocycles. The van der Waals surface area contributed by atoms with Crippen LogP contribution in [0.1, 0.15) is 19.6 Å². The van der Waals surface area contributed by atoms with Crippen molar-refractivity contribution in [1.29, 1.82) is 0 Å². The molecule has 0 aromatic carbocycles. The van der Waals surface area contributed by atoms with Crippen LogP contribution in [0.2, 0.25) is 0 Å². The smallest absolute Gasteiger partial charge is 0.330 e. The fourth-order valence-corrected chi connectivity index (χ4v) is 1.01. The quantitative estimate of drug-likeness (QED) is 0.422. The van der Waals surface area contributed by atoms with Crippen LogP contribution >= 0.6 is 0 Å². The molecule has 0 unspecified atom stereocenters. The lowest BCUT2D eigenvalue weighted by Gasteiger charge is -2.06. The number of ether oxygens (including phenoxy) is 2. The van der Waals surface area contributed by atoms with E-state index in [9.17, 15) is 4.79 Å². The first kappa shape index (κ1) is 12.5. The monoisotopic (exact) mass is 224 g/mol. The third kappa shape index (κ3) is 5.36. The summed E-state index contributed by atoms with van der Waals surface area (Å²) in [4.78, 5) is 11.2. The van der Waals surface area contributed by atoms with Crippen molar-refractivity contribution in [2.75, 3.05) is 13.2 Å². The van der Waals surface area contributed by atoms with Gasteiger partial charge >= 0.3 is 5.97 Å². The normalized spacial score (nSPS) is 11.2. The Bertz CT molecular complexity index is 325. The molecule has 0 amide bonds. The van der Waals surface area contributed by atoms with Gasteiger partial charge in [-0.1, -0.05) is 0 Å². The highest BCUT2D eigenvalue weighted by atomic mass is 16.6. The second-order valence-corrected chi connectivity index (χ2v) is 3.44. The maximum atomic E-state index is 11.2. The van der Waals surface area contributed by atoms with E-state index in [-0.39, 0.29) is 12.7 Å². The minimum Gasteiger partial charge on any atom is -0.465 e. The lowest BCUT2D eigenvalue weighted by atomic mass is 10.4. The van der Waals surface area contributed by atoms with Crippen molar-refractivity contribution in [3.8, 4) is 0 Å². The minimum absolute atomic E-state index is 0.150. The summed E-state index contributed by atoms with van der Waals surface area (Å²) < 4.78 is 15.1. The van der Waals surface area contributed by atoms with Crippen LogP contribution in [0.25, 0.3) is 6.08 Å². The van der Waals surface area contributed by atoms with Crippen molar-refractivity contribution in [3.63, 3.8) is 0 Å². The van der Waals surface area contributed by atoms with Crippen LogP contribution in [-0.4, -0.2) is 25.3 Å². The number of hydrogen-bond donors (Lipinski definition) is 0. The third-order valence-electron chi connectivity index (χ3n) is 1.71. The zero-order chi connectivity index (χ0) is 11.8. The van der Waals surface area contributed by atoms with E-state index in [2.05, 4.69) is 0 Å². The Balaban J connectivity index is 2.16. The van der Waals surface area contributed by atoms with E-state index in [0.29, 0.717) is 12.4 Å². The van der Waals surface area contributed by atoms with Gasteiger partial charge in [-0.2, -0.15) is 0 Å². The lowest BCUT2D eigenvalue weighted by molar-refractivity contribution is -0.139. The summed E-state index contributed by atoms with van der Waals surface area (Å²) in [6.07, 6.45) is 4.58. The molecule has 0 saturated heterocycles. The molecule has 0 atom stereocenters. The Morgan fingerprint density at radius 1 is 1.50 bits per heavy atom. The minimum atomic E-state index is -0.399. The molecular weight excluding hydrogens is 208 g/mol. The van der Waals surface area contributed by atoms with E-state index in [1.54, 1.807) is 24.5 Å². The molecule has 0 radical (unpaired) electrons. The predicted octanol–water partition coefficient (Wildman–Crippen LogP) is 2.26. The van der Waals surface area contributed by atoms with Gasteiger partial charge in [-0.15, -0.1) is 0 Å². The van der Waals surface area contributed by atoms with Crippen molar-refractivity contribution >= 4 is 12.0 Å². The molecule has 0 aliphatic rings. The highest BCUT2D eigenvalue weighted by Gasteiger charge is 1.98. The van der Waals surface area contributed by atoms with Gasteiger partial charge in [0, 0.05) is 6.08 Å². The van der Waals surface area contributed by atoms with E-state index in [1.807, 2.05) is 13.8 Å². The second-order valence-electron chi connectivity index (χ2n) is 3.44. The van der Waals surface area contributed by atoms with Gasteiger partial charge < -0.3 is 13.9 Å². The fraction of sp³-hybridized carbons (Fsp3) is 0.417. The third-order valence-corrected chi connectivity index (χ3v) is 1.71. The summed E-state index contributed by atoms with van der Waals surface area (Å²) in [5.41, 5.74) is 0. The average Bonchev–Trinajstić information content (AvgIpc) is 2.74. The summed E-state index contributed by atoms with van der Waals surface area (Å²) in [7, 11) is 0. The Morgan fingerprint density at radius 3 is 2.94 bits per heavy atom. The van der Waals surface area contributed by atoms with Gasteiger partial charge in [0.1, 0.15) is 12.4 Å². The molecule has 88 valence electrons. The molecule has 0 bridgehead atoms. The lowest BCUT2D eigenvalue weighted by Crippen LogP contribution is -2.11. The molecule has 4 nitrogen and oxygen atoms in total. The first-order valence-electron chi connectivity index (χ1n) is 5.18. The summed E-state index contributed by atoms with van der Waals surface area (Å²) >= 11 is 0. The van der Waals surface area contributed by atoms with E-state index in [4.69, 9.17) is 13.9 Å². The maximum absolute atomic E-state index is 11.2. The molecule has 1 aromatic heterocycles. The molecule has 1 heterocycles. The highest BCUT2D eigenvalue weighted by molar-refractivity contribution is 5.86. The number of esters is 1. The van der Waals surface area contributed by atoms with Gasteiger partial charge in [0.15, 0.2) is 0 Å². The SMILES string of the molecule is CC(C)OCCOC(=O)C=Cc1ccco1. The van der Waals surface area contributed by atoms with Crippen LogP contribution in [0, 0.1) is 0 Å². The standard InChI is InChI=1S/C12H16O4/c1-10(2)14-8-9-16-12(13)6-5-11-4-3-7-15-11/h3-7,10H,8-9H2,1-2H3. The molecule has 0 fully saturated rings. The van der Waals surface area contributed by atoms with Crippen LogP contribution in [-0.2, 0) is 14.3 Å². The number of rotatable bonds is 6. The Labute approximate surface area is 94.8 Å². The van der Waals surface area contributed by atoms with Crippen LogP contribution < -0.4 is 0 Å². The topological polar surface area (TPSA) is 48.7 Å². The van der Waals surface area contributed by atoms with Crippen LogP contribution in [0.4, 0.5) is 0 Å². The number of carbonyl (C=O) groups is 1. The average molecular weight is 224 g/mol. The molecule has 1 aromatic rings.